The van der Waals surface area contributed by atoms with E-state index in [1.807, 2.05) is 55.4 Å². The third-order valence-electron chi connectivity index (χ3n) is 4.85. The molecule has 1 aromatic heterocycles. The Kier molecular flexibility index (Phi) is 5.95. The van der Waals surface area contributed by atoms with Gasteiger partial charge in [-0.2, -0.15) is 0 Å². The molecule has 3 aromatic rings. The summed E-state index contributed by atoms with van der Waals surface area (Å²) in [5.41, 5.74) is 2.97. The van der Waals surface area contributed by atoms with Crippen molar-refractivity contribution in [3.05, 3.63) is 78.0 Å². The van der Waals surface area contributed by atoms with Gasteiger partial charge in [0.25, 0.3) is 0 Å². The number of amides is 1. The predicted molar refractivity (Wildman–Crippen MR) is 116 cm³/mol. The molecule has 6 nitrogen and oxygen atoms in total. The topological polar surface area (TPSA) is 63.7 Å². The summed E-state index contributed by atoms with van der Waals surface area (Å²) in [7, 11) is 3.69. The highest BCUT2D eigenvalue weighted by Crippen LogP contribution is 2.37. The van der Waals surface area contributed by atoms with Crippen LogP contribution >= 0.6 is 0 Å². The maximum absolute atomic E-state index is 11.8. The Morgan fingerprint density at radius 3 is 2.73 bits per heavy atom. The molecule has 1 aliphatic heterocycles. The highest BCUT2D eigenvalue weighted by Gasteiger charge is 2.21. The number of carbonyl (C=O) groups is 1. The van der Waals surface area contributed by atoms with Crippen molar-refractivity contribution in [2.45, 2.75) is 18.9 Å². The molecule has 1 amide bonds. The van der Waals surface area contributed by atoms with Crippen LogP contribution in [0.2, 0.25) is 0 Å². The van der Waals surface area contributed by atoms with Crippen molar-refractivity contribution in [2.24, 2.45) is 0 Å². The second-order valence-corrected chi connectivity index (χ2v) is 7.60. The van der Waals surface area contributed by atoms with Gasteiger partial charge in [-0.1, -0.05) is 30.3 Å². The maximum atomic E-state index is 11.8. The van der Waals surface area contributed by atoms with Crippen molar-refractivity contribution in [1.29, 1.82) is 0 Å². The monoisotopic (exact) mass is 403 g/mol. The Morgan fingerprint density at radius 2 is 2.00 bits per heavy atom. The lowest BCUT2D eigenvalue weighted by molar-refractivity contribution is -0.116. The SMILES string of the molecule is CN(C)CC(=O)Nc1ccc(Oc2ccc3c(c2)CCC(c2ccccc2)O3)nc1. The molecule has 4 rings (SSSR count). The summed E-state index contributed by atoms with van der Waals surface area (Å²) in [6.45, 7) is 0.320. The van der Waals surface area contributed by atoms with E-state index in [0.717, 1.165) is 24.2 Å². The van der Waals surface area contributed by atoms with E-state index in [1.165, 1.54) is 5.56 Å². The molecular formula is C24H25N3O3. The van der Waals surface area contributed by atoms with Crippen LogP contribution in [-0.4, -0.2) is 36.4 Å². The van der Waals surface area contributed by atoms with E-state index in [4.69, 9.17) is 9.47 Å². The smallest absolute Gasteiger partial charge is 0.238 e. The molecule has 0 fully saturated rings. The minimum Gasteiger partial charge on any atom is -0.485 e. The number of likely N-dealkylation sites (N-methyl/N-ethyl adjacent to an activating group) is 1. The third kappa shape index (κ3) is 4.96. The van der Waals surface area contributed by atoms with Crippen molar-refractivity contribution in [2.75, 3.05) is 26.0 Å². The Hall–Kier alpha value is -3.38. The van der Waals surface area contributed by atoms with Crippen LogP contribution in [0.25, 0.3) is 0 Å². The summed E-state index contributed by atoms with van der Waals surface area (Å²) in [4.78, 5) is 17.9. The lowest BCUT2D eigenvalue weighted by Crippen LogP contribution is -2.27. The van der Waals surface area contributed by atoms with E-state index >= 15 is 0 Å². The van der Waals surface area contributed by atoms with Crippen molar-refractivity contribution < 1.29 is 14.3 Å². The first-order chi connectivity index (χ1) is 14.6. The molecule has 0 saturated heterocycles. The second-order valence-electron chi connectivity index (χ2n) is 7.60. The average Bonchev–Trinajstić information content (AvgIpc) is 2.75. The Morgan fingerprint density at radius 1 is 1.17 bits per heavy atom. The van der Waals surface area contributed by atoms with Gasteiger partial charge < -0.3 is 19.7 Å². The number of benzene rings is 2. The summed E-state index contributed by atoms with van der Waals surface area (Å²) >= 11 is 0. The summed E-state index contributed by atoms with van der Waals surface area (Å²) in [6, 6.07) is 19.7. The molecular weight excluding hydrogens is 378 g/mol. The van der Waals surface area contributed by atoms with E-state index in [-0.39, 0.29) is 12.0 Å². The first kappa shape index (κ1) is 19.9. The van der Waals surface area contributed by atoms with E-state index in [0.29, 0.717) is 23.9 Å². The number of hydrogen-bond donors (Lipinski definition) is 1. The van der Waals surface area contributed by atoms with Crippen molar-refractivity contribution in [3.63, 3.8) is 0 Å². The van der Waals surface area contributed by atoms with Crippen LogP contribution in [-0.2, 0) is 11.2 Å². The van der Waals surface area contributed by atoms with E-state index in [9.17, 15) is 4.79 Å². The van der Waals surface area contributed by atoms with E-state index in [1.54, 1.807) is 18.3 Å². The van der Waals surface area contributed by atoms with Gasteiger partial charge in [0, 0.05) is 6.07 Å². The minimum absolute atomic E-state index is 0.0843. The zero-order chi connectivity index (χ0) is 20.9. The normalized spacial score (nSPS) is 15.2. The van der Waals surface area contributed by atoms with Gasteiger partial charge in [-0.3, -0.25) is 4.79 Å². The highest BCUT2D eigenvalue weighted by atomic mass is 16.5. The Bertz CT molecular complexity index is 1000. The fourth-order valence-corrected chi connectivity index (χ4v) is 3.45. The first-order valence-electron chi connectivity index (χ1n) is 10.00. The first-order valence-corrected chi connectivity index (χ1v) is 10.00. The number of ether oxygens (including phenoxy) is 2. The van der Waals surface area contributed by atoms with Crippen LogP contribution in [0.3, 0.4) is 0 Å². The minimum atomic E-state index is -0.0843. The van der Waals surface area contributed by atoms with Crippen LogP contribution in [0.15, 0.2) is 66.9 Å². The molecule has 1 aliphatic rings. The molecule has 0 aliphatic carbocycles. The van der Waals surface area contributed by atoms with Gasteiger partial charge in [-0.05, 0) is 62.3 Å². The second kappa shape index (κ2) is 8.97. The molecule has 0 saturated carbocycles. The van der Waals surface area contributed by atoms with Gasteiger partial charge in [0.05, 0.1) is 18.4 Å². The molecule has 1 unspecified atom stereocenters. The Labute approximate surface area is 176 Å². The zero-order valence-electron chi connectivity index (χ0n) is 17.2. The molecule has 2 aromatic carbocycles. The third-order valence-corrected chi connectivity index (χ3v) is 4.85. The molecule has 0 bridgehead atoms. The van der Waals surface area contributed by atoms with Gasteiger partial charge >= 0.3 is 0 Å². The van der Waals surface area contributed by atoms with Crippen LogP contribution < -0.4 is 14.8 Å². The average molecular weight is 403 g/mol. The molecule has 0 spiro atoms. The molecule has 1 N–H and O–H groups in total. The summed E-state index contributed by atoms with van der Waals surface area (Å²) in [5, 5.41) is 2.81. The van der Waals surface area contributed by atoms with Crippen LogP contribution in [0.4, 0.5) is 5.69 Å². The number of aromatic nitrogens is 1. The summed E-state index contributed by atoms with van der Waals surface area (Å²) in [5.74, 6) is 2.00. The van der Waals surface area contributed by atoms with Crippen LogP contribution in [0.5, 0.6) is 17.4 Å². The number of carbonyl (C=O) groups excluding carboxylic acids is 1. The standard InChI is InChI=1S/C24H25N3O3/c1-27(2)16-23(28)26-19-9-13-24(25-15-19)29-20-10-12-22-18(14-20)8-11-21(30-22)17-6-4-3-5-7-17/h3-7,9-10,12-15,21H,8,11,16H2,1-2H3,(H,26,28). The fourth-order valence-electron chi connectivity index (χ4n) is 3.45. The van der Waals surface area contributed by atoms with Gasteiger partial charge in [0.15, 0.2) is 0 Å². The summed E-state index contributed by atoms with van der Waals surface area (Å²) in [6.07, 6.45) is 3.54. The maximum Gasteiger partial charge on any atom is 0.238 e. The quantitative estimate of drug-likeness (QED) is 0.659. The lowest BCUT2D eigenvalue weighted by Gasteiger charge is -2.26. The van der Waals surface area contributed by atoms with E-state index < -0.39 is 0 Å². The Balaban J connectivity index is 1.39. The number of nitrogens with zero attached hydrogens (tertiary/aromatic N) is 2. The number of nitrogens with one attached hydrogen (secondary N) is 1. The van der Waals surface area contributed by atoms with Crippen molar-refractivity contribution in [1.82, 2.24) is 9.88 Å². The zero-order valence-corrected chi connectivity index (χ0v) is 17.2. The summed E-state index contributed by atoms with van der Waals surface area (Å²) < 4.78 is 12.1. The van der Waals surface area contributed by atoms with Crippen molar-refractivity contribution >= 4 is 11.6 Å². The molecule has 30 heavy (non-hydrogen) atoms. The number of pyridine rings is 1. The molecule has 2 heterocycles. The van der Waals surface area contributed by atoms with Gasteiger partial charge in [-0.25, -0.2) is 4.98 Å². The number of fused-ring (bicyclic) bond motifs is 1. The van der Waals surface area contributed by atoms with Gasteiger partial charge in [0.2, 0.25) is 11.8 Å². The molecule has 154 valence electrons. The highest BCUT2D eigenvalue weighted by molar-refractivity contribution is 5.92. The number of anilines is 1. The lowest BCUT2D eigenvalue weighted by atomic mass is 9.97. The fraction of sp³-hybridized carbons (Fsp3) is 0.250. The van der Waals surface area contributed by atoms with E-state index in [2.05, 4.69) is 22.4 Å². The number of rotatable bonds is 6. The predicted octanol–water partition coefficient (Wildman–Crippen LogP) is 4.44. The van der Waals surface area contributed by atoms with Gasteiger partial charge in [-0.15, -0.1) is 0 Å². The largest absolute Gasteiger partial charge is 0.485 e. The van der Waals surface area contributed by atoms with Gasteiger partial charge in [0.1, 0.15) is 17.6 Å². The number of aryl methyl sites for hydroxylation is 1. The molecule has 1 atom stereocenters. The molecule has 0 radical (unpaired) electrons. The van der Waals surface area contributed by atoms with Crippen molar-refractivity contribution in [3.8, 4) is 17.4 Å². The molecule has 6 heteroatoms. The van der Waals surface area contributed by atoms with Crippen LogP contribution in [0.1, 0.15) is 23.7 Å². The number of hydrogen-bond acceptors (Lipinski definition) is 5. The van der Waals surface area contributed by atoms with Crippen LogP contribution in [0, 0.1) is 0 Å².